The number of benzene rings is 1. The van der Waals surface area contributed by atoms with Crippen molar-refractivity contribution in [2.45, 2.75) is 39.7 Å². The van der Waals surface area contributed by atoms with E-state index in [2.05, 4.69) is 48.1 Å². The topological polar surface area (TPSA) is 69.6 Å². The summed E-state index contributed by atoms with van der Waals surface area (Å²) in [5, 5.41) is 14.2. The molecule has 152 valence electrons. The number of hydrogen-bond acceptors (Lipinski definition) is 6. The Kier molecular flexibility index (Phi) is 4.32. The van der Waals surface area contributed by atoms with E-state index in [0.29, 0.717) is 12.4 Å². The first-order chi connectivity index (χ1) is 14.4. The van der Waals surface area contributed by atoms with Crippen molar-refractivity contribution in [3.63, 3.8) is 0 Å². The fourth-order valence-electron chi connectivity index (χ4n) is 3.44. The molecule has 4 heterocycles. The number of aryl methyl sites for hydroxylation is 1. The van der Waals surface area contributed by atoms with Crippen LogP contribution in [-0.4, -0.2) is 29.2 Å². The van der Waals surface area contributed by atoms with Crippen molar-refractivity contribution < 1.29 is 4.74 Å². The molecule has 0 aliphatic heterocycles. The lowest BCUT2D eigenvalue weighted by Gasteiger charge is -2.19. The summed E-state index contributed by atoms with van der Waals surface area (Å²) in [5.74, 6) is 1.50. The molecular formula is C22H22N6OS. The number of nitrogens with zero attached hydrogens (tertiary/aromatic N) is 6. The van der Waals surface area contributed by atoms with Crippen molar-refractivity contribution >= 4 is 21.9 Å². The zero-order chi connectivity index (χ0) is 20.9. The molecule has 0 spiro atoms. The van der Waals surface area contributed by atoms with Gasteiger partial charge in [0.15, 0.2) is 5.01 Å². The van der Waals surface area contributed by atoms with Crippen LogP contribution in [-0.2, 0) is 12.0 Å². The Morgan fingerprint density at radius 3 is 2.60 bits per heavy atom. The Morgan fingerprint density at radius 2 is 1.83 bits per heavy atom. The number of aromatic nitrogens is 6. The summed E-state index contributed by atoms with van der Waals surface area (Å²) in [6.07, 6.45) is 1.98. The first kappa shape index (κ1) is 18.7. The molecule has 0 amide bonds. The summed E-state index contributed by atoms with van der Waals surface area (Å²) in [6.45, 7) is 8.96. The Hall–Kier alpha value is -3.26. The monoisotopic (exact) mass is 418 g/mol. The number of rotatable bonds is 4. The van der Waals surface area contributed by atoms with E-state index in [1.807, 2.05) is 47.9 Å². The van der Waals surface area contributed by atoms with E-state index in [9.17, 15) is 0 Å². The number of ether oxygens (including phenoxy) is 1. The molecule has 0 fully saturated rings. The number of imidazole rings is 1. The molecule has 0 unspecified atom stereocenters. The third-order valence-corrected chi connectivity index (χ3v) is 5.90. The molecule has 0 saturated carbocycles. The molecular weight excluding hydrogens is 396 g/mol. The molecule has 30 heavy (non-hydrogen) atoms. The molecule has 0 aliphatic rings. The van der Waals surface area contributed by atoms with E-state index in [4.69, 9.17) is 9.84 Å². The van der Waals surface area contributed by atoms with Gasteiger partial charge in [-0.25, -0.2) is 4.98 Å². The molecule has 5 rings (SSSR count). The van der Waals surface area contributed by atoms with E-state index in [0.717, 1.165) is 32.8 Å². The molecule has 0 saturated heterocycles. The van der Waals surface area contributed by atoms with Crippen molar-refractivity contribution in [2.75, 3.05) is 0 Å². The van der Waals surface area contributed by atoms with Crippen LogP contribution < -0.4 is 4.74 Å². The smallest absolute Gasteiger partial charge is 0.235 e. The highest BCUT2D eigenvalue weighted by atomic mass is 32.1. The predicted octanol–water partition coefficient (Wildman–Crippen LogP) is 4.69. The van der Waals surface area contributed by atoms with Gasteiger partial charge in [-0.2, -0.15) is 9.61 Å². The first-order valence-electron chi connectivity index (χ1n) is 9.79. The highest BCUT2D eigenvalue weighted by Gasteiger charge is 2.20. The molecule has 8 heteroatoms. The molecule has 0 bridgehead atoms. The van der Waals surface area contributed by atoms with Gasteiger partial charge in [0.1, 0.15) is 23.7 Å². The molecule has 5 aromatic rings. The van der Waals surface area contributed by atoms with E-state index in [-0.39, 0.29) is 5.41 Å². The van der Waals surface area contributed by atoms with E-state index in [1.54, 1.807) is 4.52 Å². The fraction of sp³-hybridized carbons (Fsp3) is 0.273. The van der Waals surface area contributed by atoms with Crippen LogP contribution >= 0.6 is 11.3 Å². The minimum Gasteiger partial charge on any atom is -0.486 e. The fourth-order valence-corrected chi connectivity index (χ4v) is 4.19. The lowest BCUT2D eigenvalue weighted by molar-refractivity contribution is 0.304. The normalized spacial score (nSPS) is 12.1. The van der Waals surface area contributed by atoms with E-state index >= 15 is 0 Å². The highest BCUT2D eigenvalue weighted by Crippen LogP contribution is 2.27. The summed E-state index contributed by atoms with van der Waals surface area (Å²) in [7, 11) is 0. The van der Waals surface area contributed by atoms with Gasteiger partial charge in [-0.1, -0.05) is 50.3 Å². The van der Waals surface area contributed by atoms with Crippen LogP contribution in [0.2, 0.25) is 0 Å². The van der Waals surface area contributed by atoms with E-state index < -0.39 is 0 Å². The summed E-state index contributed by atoms with van der Waals surface area (Å²) in [4.78, 5) is 5.35. The van der Waals surface area contributed by atoms with Crippen molar-refractivity contribution in [2.24, 2.45) is 0 Å². The summed E-state index contributed by atoms with van der Waals surface area (Å²) < 4.78 is 9.74. The van der Waals surface area contributed by atoms with Crippen LogP contribution in [0.3, 0.4) is 0 Å². The highest BCUT2D eigenvalue weighted by molar-refractivity contribution is 7.16. The third kappa shape index (κ3) is 3.23. The van der Waals surface area contributed by atoms with Gasteiger partial charge in [0, 0.05) is 6.20 Å². The Balaban J connectivity index is 1.42. The average molecular weight is 419 g/mol. The van der Waals surface area contributed by atoms with Crippen LogP contribution in [0.15, 0.2) is 48.7 Å². The van der Waals surface area contributed by atoms with Gasteiger partial charge in [0.25, 0.3) is 0 Å². The Morgan fingerprint density at radius 1 is 1.03 bits per heavy atom. The number of fused-ring (bicyclic) bond motifs is 2. The summed E-state index contributed by atoms with van der Waals surface area (Å²) >= 11 is 1.48. The summed E-state index contributed by atoms with van der Waals surface area (Å²) in [6, 6.07) is 14.2. The molecule has 4 aromatic heterocycles. The molecule has 1 aromatic carbocycles. The zero-order valence-electron chi connectivity index (χ0n) is 17.3. The SMILES string of the molecule is Cc1nc2ccccn2c1-c1nnc2sc(COc3ccc(C(C)(C)C)cc3)nn12. The van der Waals surface area contributed by atoms with Gasteiger partial charge in [0.2, 0.25) is 10.8 Å². The maximum atomic E-state index is 5.95. The lowest BCUT2D eigenvalue weighted by atomic mass is 9.87. The average Bonchev–Trinajstić information content (AvgIpc) is 3.38. The second kappa shape index (κ2) is 6.91. The maximum Gasteiger partial charge on any atom is 0.235 e. The van der Waals surface area contributed by atoms with Crippen molar-refractivity contribution in [3.8, 4) is 17.3 Å². The third-order valence-electron chi connectivity index (χ3n) is 5.03. The maximum absolute atomic E-state index is 5.95. The van der Waals surface area contributed by atoms with Gasteiger partial charge in [0.05, 0.1) is 5.69 Å². The lowest BCUT2D eigenvalue weighted by Crippen LogP contribution is -2.10. The van der Waals surface area contributed by atoms with Crippen LogP contribution in [0.4, 0.5) is 0 Å². The second-order valence-corrected chi connectivity index (χ2v) is 9.29. The predicted molar refractivity (Wildman–Crippen MR) is 117 cm³/mol. The second-order valence-electron chi connectivity index (χ2n) is 8.25. The molecule has 7 nitrogen and oxygen atoms in total. The number of pyridine rings is 1. The van der Waals surface area contributed by atoms with Crippen molar-refractivity contribution in [1.29, 1.82) is 0 Å². The molecule has 0 atom stereocenters. The standard InChI is InChI=1S/C22H22N6OS/c1-14-19(27-12-6-5-7-17(27)23-14)20-24-25-21-28(20)26-18(30-21)13-29-16-10-8-15(9-11-16)22(2,3)4/h5-12H,13H2,1-4H3. The Bertz CT molecular complexity index is 1340. The van der Waals surface area contributed by atoms with Crippen LogP contribution in [0.25, 0.3) is 22.1 Å². The summed E-state index contributed by atoms with van der Waals surface area (Å²) in [5.41, 5.74) is 4.06. The number of hydrogen-bond donors (Lipinski definition) is 0. The van der Waals surface area contributed by atoms with Gasteiger partial charge < -0.3 is 4.74 Å². The minimum atomic E-state index is 0.124. The van der Waals surface area contributed by atoms with Gasteiger partial charge in [-0.3, -0.25) is 4.40 Å². The van der Waals surface area contributed by atoms with Gasteiger partial charge in [-0.05, 0) is 42.2 Å². The Labute approximate surface area is 178 Å². The van der Waals surface area contributed by atoms with E-state index in [1.165, 1.54) is 16.9 Å². The largest absolute Gasteiger partial charge is 0.486 e. The quantitative estimate of drug-likeness (QED) is 0.424. The molecule has 0 aliphatic carbocycles. The zero-order valence-corrected chi connectivity index (χ0v) is 18.1. The van der Waals surface area contributed by atoms with Gasteiger partial charge in [-0.15, -0.1) is 10.2 Å². The van der Waals surface area contributed by atoms with Crippen LogP contribution in [0.5, 0.6) is 5.75 Å². The molecule has 0 radical (unpaired) electrons. The van der Waals surface area contributed by atoms with Gasteiger partial charge >= 0.3 is 0 Å². The van der Waals surface area contributed by atoms with Crippen molar-refractivity contribution in [1.82, 2.24) is 29.2 Å². The van der Waals surface area contributed by atoms with Crippen LogP contribution in [0.1, 0.15) is 37.0 Å². The van der Waals surface area contributed by atoms with Crippen LogP contribution in [0, 0.1) is 6.92 Å². The van der Waals surface area contributed by atoms with Crippen molar-refractivity contribution in [3.05, 3.63) is 64.9 Å². The first-order valence-corrected chi connectivity index (χ1v) is 10.6. The molecule has 0 N–H and O–H groups in total. The minimum absolute atomic E-state index is 0.124.